The number of hydrogen-bond acceptors (Lipinski definition) is 4. The van der Waals surface area contributed by atoms with Crippen LogP contribution in [0.4, 0.5) is 0 Å². The molecule has 0 aromatic heterocycles. The molecule has 0 aliphatic heterocycles. The minimum Gasteiger partial charge on any atom is -0.307 e. The van der Waals surface area contributed by atoms with Gasteiger partial charge < -0.3 is 9.05 Å². The summed E-state index contributed by atoms with van der Waals surface area (Å²) in [5, 5.41) is 0. The molecule has 0 fully saturated rings. The Hall–Kier alpha value is 0.790. The van der Waals surface area contributed by atoms with Gasteiger partial charge in [0.25, 0.3) is 0 Å². The number of rotatable bonds is 6. The van der Waals surface area contributed by atoms with Gasteiger partial charge in [0.15, 0.2) is 3.95 Å². The highest BCUT2D eigenvalue weighted by atomic mass is 35.5. The molecule has 13 heavy (non-hydrogen) atoms. The molecule has 0 aromatic carbocycles. The van der Waals surface area contributed by atoms with Crippen LogP contribution in [0.2, 0.25) is 0 Å². The Balaban J connectivity index is 4.67. The summed E-state index contributed by atoms with van der Waals surface area (Å²) in [5.41, 5.74) is 0. The van der Waals surface area contributed by atoms with Crippen LogP contribution in [0, 0.1) is 0 Å². The van der Waals surface area contributed by atoms with Crippen molar-refractivity contribution >= 4 is 31.0 Å². The van der Waals surface area contributed by atoms with Crippen LogP contribution in [0.25, 0.3) is 0 Å². The van der Waals surface area contributed by atoms with Crippen LogP contribution in [-0.4, -0.2) is 23.4 Å². The van der Waals surface area contributed by atoms with E-state index in [1.807, 2.05) is 0 Å². The maximum atomic E-state index is 12.1. The molecular weight excluding hydrogens is 231 g/mol. The molecular formula is C7H16ClO3PS. The standard InChI is InChI=1S/C7H16ClO3PS/c1-5-10-12(9,11-6-2)7(3,8)13-4/h5-6H2,1-4H3. The van der Waals surface area contributed by atoms with Gasteiger partial charge in [-0.25, -0.2) is 0 Å². The van der Waals surface area contributed by atoms with Crippen molar-refractivity contribution in [2.75, 3.05) is 19.5 Å². The fourth-order valence-corrected chi connectivity index (χ4v) is 3.44. The zero-order chi connectivity index (χ0) is 10.5. The molecule has 3 nitrogen and oxygen atoms in total. The summed E-state index contributed by atoms with van der Waals surface area (Å²) in [6.07, 6.45) is 1.78. The van der Waals surface area contributed by atoms with Crippen molar-refractivity contribution in [3.8, 4) is 0 Å². The Bertz CT molecular complexity index is 188. The van der Waals surface area contributed by atoms with Crippen LogP contribution >= 0.6 is 31.0 Å². The lowest BCUT2D eigenvalue weighted by Crippen LogP contribution is -2.15. The predicted molar refractivity (Wildman–Crippen MR) is 58.6 cm³/mol. The molecule has 0 aromatic rings. The fraction of sp³-hybridized carbons (Fsp3) is 1.00. The molecule has 1 atom stereocenters. The van der Waals surface area contributed by atoms with Gasteiger partial charge in [-0.1, -0.05) is 11.6 Å². The zero-order valence-electron chi connectivity index (χ0n) is 8.37. The number of thioether (sulfide) groups is 1. The van der Waals surface area contributed by atoms with E-state index >= 15 is 0 Å². The van der Waals surface area contributed by atoms with Crippen LogP contribution in [0.1, 0.15) is 20.8 Å². The van der Waals surface area contributed by atoms with E-state index in [9.17, 15) is 4.57 Å². The van der Waals surface area contributed by atoms with Gasteiger partial charge in [-0.05, 0) is 27.0 Å². The Kier molecular flexibility index (Phi) is 5.96. The molecule has 0 spiro atoms. The largest absolute Gasteiger partial charge is 0.361 e. The lowest BCUT2D eigenvalue weighted by atomic mass is 10.9. The summed E-state index contributed by atoms with van der Waals surface area (Å²) in [7, 11) is -3.19. The lowest BCUT2D eigenvalue weighted by Gasteiger charge is -2.28. The Morgan fingerprint density at radius 3 is 2.00 bits per heavy atom. The maximum Gasteiger partial charge on any atom is 0.361 e. The molecule has 0 aliphatic rings. The summed E-state index contributed by atoms with van der Waals surface area (Å²) >= 11 is 7.30. The highest BCUT2D eigenvalue weighted by Crippen LogP contribution is 2.66. The first-order valence-electron chi connectivity index (χ1n) is 4.06. The van der Waals surface area contributed by atoms with E-state index in [1.54, 1.807) is 27.0 Å². The smallest absolute Gasteiger partial charge is 0.307 e. The third kappa shape index (κ3) is 3.45. The van der Waals surface area contributed by atoms with E-state index in [0.29, 0.717) is 13.2 Å². The van der Waals surface area contributed by atoms with Gasteiger partial charge in [-0.2, -0.15) is 0 Å². The summed E-state index contributed by atoms with van der Waals surface area (Å²) in [4.78, 5) is 0. The second-order valence-corrected chi connectivity index (χ2v) is 7.58. The first-order valence-corrected chi connectivity index (χ1v) is 7.21. The molecule has 0 heterocycles. The van der Waals surface area contributed by atoms with E-state index in [0.717, 1.165) is 0 Å². The first kappa shape index (κ1) is 13.8. The second-order valence-electron chi connectivity index (χ2n) is 2.41. The maximum absolute atomic E-state index is 12.1. The fourth-order valence-electron chi connectivity index (χ4n) is 0.720. The topological polar surface area (TPSA) is 35.5 Å². The quantitative estimate of drug-likeness (QED) is 0.531. The summed E-state index contributed by atoms with van der Waals surface area (Å²) in [6.45, 7) is 5.84. The van der Waals surface area contributed by atoms with Crippen molar-refractivity contribution in [3.05, 3.63) is 0 Å². The van der Waals surface area contributed by atoms with E-state index in [2.05, 4.69) is 0 Å². The molecule has 80 valence electrons. The summed E-state index contributed by atoms with van der Waals surface area (Å²) in [6, 6.07) is 0. The average molecular weight is 247 g/mol. The highest BCUT2D eigenvalue weighted by molar-refractivity contribution is 8.07. The van der Waals surface area contributed by atoms with Crippen molar-refractivity contribution in [2.24, 2.45) is 0 Å². The highest BCUT2D eigenvalue weighted by Gasteiger charge is 2.45. The monoisotopic (exact) mass is 246 g/mol. The molecule has 0 radical (unpaired) electrons. The Morgan fingerprint density at radius 1 is 1.38 bits per heavy atom. The van der Waals surface area contributed by atoms with E-state index in [-0.39, 0.29) is 0 Å². The van der Waals surface area contributed by atoms with Gasteiger partial charge in [-0.3, -0.25) is 4.57 Å². The van der Waals surface area contributed by atoms with Gasteiger partial charge in [0.2, 0.25) is 0 Å². The molecule has 1 unspecified atom stereocenters. The summed E-state index contributed by atoms with van der Waals surface area (Å²) in [5.74, 6) is 0. The van der Waals surface area contributed by atoms with Crippen LogP contribution < -0.4 is 0 Å². The minimum absolute atomic E-state index is 0.333. The van der Waals surface area contributed by atoms with E-state index in [1.165, 1.54) is 11.8 Å². The van der Waals surface area contributed by atoms with Gasteiger partial charge in [0.05, 0.1) is 13.2 Å². The molecule has 0 saturated heterocycles. The van der Waals surface area contributed by atoms with E-state index < -0.39 is 11.5 Å². The van der Waals surface area contributed by atoms with Crippen molar-refractivity contribution in [2.45, 2.75) is 24.7 Å². The SMILES string of the molecule is CCOP(=O)(OCC)C(C)(Cl)SC. The minimum atomic E-state index is -3.19. The zero-order valence-corrected chi connectivity index (χ0v) is 10.8. The van der Waals surface area contributed by atoms with Crippen molar-refractivity contribution < 1.29 is 13.6 Å². The molecule has 0 aliphatic carbocycles. The number of hydrogen-bond donors (Lipinski definition) is 0. The van der Waals surface area contributed by atoms with Gasteiger partial charge in [0, 0.05) is 0 Å². The van der Waals surface area contributed by atoms with E-state index in [4.69, 9.17) is 20.6 Å². The molecule has 0 amide bonds. The molecule has 6 heteroatoms. The van der Waals surface area contributed by atoms with Gasteiger partial charge in [-0.15, -0.1) is 11.8 Å². The van der Waals surface area contributed by atoms with Crippen molar-refractivity contribution in [1.29, 1.82) is 0 Å². The predicted octanol–water partition coefficient (Wildman–Crippen LogP) is 3.53. The van der Waals surface area contributed by atoms with Gasteiger partial charge >= 0.3 is 7.60 Å². The summed E-state index contributed by atoms with van der Waals surface area (Å²) < 4.78 is 21.3. The Labute approximate surface area is 89.0 Å². The van der Waals surface area contributed by atoms with Crippen LogP contribution in [-0.2, 0) is 13.6 Å². The van der Waals surface area contributed by atoms with Crippen molar-refractivity contribution in [3.63, 3.8) is 0 Å². The first-order chi connectivity index (χ1) is 5.93. The Morgan fingerprint density at radius 2 is 1.77 bits per heavy atom. The molecule has 0 rings (SSSR count). The second kappa shape index (κ2) is 5.62. The van der Waals surface area contributed by atoms with Gasteiger partial charge in [0.1, 0.15) is 0 Å². The number of alkyl halides is 1. The number of halogens is 1. The van der Waals surface area contributed by atoms with Crippen molar-refractivity contribution in [1.82, 2.24) is 0 Å². The molecule has 0 bridgehead atoms. The van der Waals surface area contributed by atoms with Crippen LogP contribution in [0.5, 0.6) is 0 Å². The average Bonchev–Trinajstić information content (AvgIpc) is 2.05. The third-order valence-electron chi connectivity index (χ3n) is 1.46. The van der Waals surface area contributed by atoms with Crippen LogP contribution in [0.3, 0.4) is 0 Å². The molecule has 0 N–H and O–H groups in total. The van der Waals surface area contributed by atoms with Crippen LogP contribution in [0.15, 0.2) is 0 Å². The normalized spacial score (nSPS) is 17.0. The lowest BCUT2D eigenvalue weighted by molar-refractivity contribution is 0.216. The third-order valence-corrected chi connectivity index (χ3v) is 6.68. The molecule has 0 saturated carbocycles.